The minimum Gasteiger partial charge on any atom is -0.354 e. The van der Waals surface area contributed by atoms with Crippen LogP contribution in [0.1, 0.15) is 25.7 Å². The van der Waals surface area contributed by atoms with Crippen LogP contribution < -0.4 is 10.2 Å². The zero-order valence-corrected chi connectivity index (χ0v) is 10.1. The number of aromatic nitrogens is 1. The standard InChI is InChI=1S/C13H18FN3/c1-17(13-12(14)3-2-6-15-13)11-7-9-4-5-10(8-11)16-9/h2-3,6,9-11,16H,4-5,7-8H2,1H3. The number of anilines is 1. The zero-order chi connectivity index (χ0) is 11.8. The molecule has 2 atom stereocenters. The molecule has 1 aromatic rings. The van der Waals surface area contributed by atoms with Crippen LogP contribution in [0.2, 0.25) is 0 Å². The number of nitrogens with one attached hydrogen (secondary N) is 1. The van der Waals surface area contributed by atoms with E-state index in [1.54, 1.807) is 12.3 Å². The molecular formula is C13H18FN3. The van der Waals surface area contributed by atoms with Crippen LogP contribution >= 0.6 is 0 Å². The van der Waals surface area contributed by atoms with Crippen molar-refractivity contribution in [2.24, 2.45) is 0 Å². The topological polar surface area (TPSA) is 28.2 Å². The SMILES string of the molecule is CN(c1ncccc1F)C1CC2CCC(C1)N2. The van der Waals surface area contributed by atoms with Crippen molar-refractivity contribution in [3.8, 4) is 0 Å². The number of halogens is 1. The van der Waals surface area contributed by atoms with Gasteiger partial charge in [-0.25, -0.2) is 9.37 Å². The number of pyridine rings is 1. The molecule has 2 fully saturated rings. The normalized spacial score (nSPS) is 31.5. The van der Waals surface area contributed by atoms with Crippen molar-refractivity contribution in [1.82, 2.24) is 10.3 Å². The third-order valence-corrected chi connectivity index (χ3v) is 4.07. The molecule has 1 N–H and O–H groups in total. The lowest BCUT2D eigenvalue weighted by Crippen LogP contribution is -2.47. The average molecular weight is 235 g/mol. The fourth-order valence-corrected chi connectivity index (χ4v) is 3.15. The van der Waals surface area contributed by atoms with E-state index < -0.39 is 0 Å². The monoisotopic (exact) mass is 235 g/mol. The molecule has 2 aliphatic rings. The summed E-state index contributed by atoms with van der Waals surface area (Å²) in [6.45, 7) is 0. The van der Waals surface area contributed by atoms with Crippen LogP contribution in [-0.4, -0.2) is 30.2 Å². The molecule has 1 aromatic heterocycles. The van der Waals surface area contributed by atoms with Crippen molar-refractivity contribution < 1.29 is 4.39 Å². The number of fused-ring (bicyclic) bond motifs is 2. The summed E-state index contributed by atoms with van der Waals surface area (Å²) in [5.74, 6) is 0.264. The first-order chi connectivity index (χ1) is 8.24. The van der Waals surface area contributed by atoms with Crippen molar-refractivity contribution in [2.75, 3.05) is 11.9 Å². The minimum atomic E-state index is -0.221. The average Bonchev–Trinajstić information content (AvgIpc) is 2.68. The van der Waals surface area contributed by atoms with Crippen molar-refractivity contribution in [3.05, 3.63) is 24.1 Å². The summed E-state index contributed by atoms with van der Waals surface area (Å²) in [5, 5.41) is 3.60. The summed E-state index contributed by atoms with van der Waals surface area (Å²) in [6.07, 6.45) is 6.38. The van der Waals surface area contributed by atoms with E-state index in [1.807, 2.05) is 11.9 Å². The third-order valence-electron chi connectivity index (χ3n) is 4.07. The third kappa shape index (κ3) is 2.02. The van der Waals surface area contributed by atoms with Gasteiger partial charge in [0.2, 0.25) is 0 Å². The van der Waals surface area contributed by atoms with Crippen LogP contribution in [0.4, 0.5) is 10.2 Å². The highest BCUT2D eigenvalue weighted by atomic mass is 19.1. The maximum absolute atomic E-state index is 13.7. The van der Waals surface area contributed by atoms with Gasteiger partial charge in [-0.05, 0) is 37.8 Å². The van der Waals surface area contributed by atoms with E-state index in [9.17, 15) is 4.39 Å². The molecule has 17 heavy (non-hydrogen) atoms. The van der Waals surface area contributed by atoms with E-state index in [4.69, 9.17) is 0 Å². The van der Waals surface area contributed by atoms with E-state index in [0.717, 1.165) is 12.8 Å². The highest BCUT2D eigenvalue weighted by Crippen LogP contribution is 2.31. The van der Waals surface area contributed by atoms with E-state index in [0.29, 0.717) is 23.9 Å². The number of rotatable bonds is 2. The molecule has 3 heterocycles. The van der Waals surface area contributed by atoms with E-state index in [2.05, 4.69) is 10.3 Å². The van der Waals surface area contributed by atoms with Crippen molar-refractivity contribution in [3.63, 3.8) is 0 Å². The smallest absolute Gasteiger partial charge is 0.165 e. The molecule has 3 rings (SSSR count). The first kappa shape index (κ1) is 11.0. The molecule has 0 amide bonds. The van der Waals surface area contributed by atoms with Gasteiger partial charge in [-0.1, -0.05) is 0 Å². The fourth-order valence-electron chi connectivity index (χ4n) is 3.15. The number of nitrogens with zero attached hydrogens (tertiary/aromatic N) is 2. The van der Waals surface area contributed by atoms with Crippen LogP contribution in [-0.2, 0) is 0 Å². The molecule has 0 saturated carbocycles. The number of hydrogen-bond acceptors (Lipinski definition) is 3. The largest absolute Gasteiger partial charge is 0.354 e. The van der Waals surface area contributed by atoms with Gasteiger partial charge in [-0.3, -0.25) is 0 Å². The van der Waals surface area contributed by atoms with Gasteiger partial charge in [0.05, 0.1) is 0 Å². The molecule has 4 heteroatoms. The van der Waals surface area contributed by atoms with Crippen LogP contribution in [0, 0.1) is 5.82 Å². The van der Waals surface area contributed by atoms with Gasteiger partial charge in [0.25, 0.3) is 0 Å². The summed E-state index contributed by atoms with van der Waals surface area (Å²) in [7, 11) is 1.96. The van der Waals surface area contributed by atoms with Crippen LogP contribution in [0.15, 0.2) is 18.3 Å². The summed E-state index contributed by atoms with van der Waals surface area (Å²) in [4.78, 5) is 6.17. The highest BCUT2D eigenvalue weighted by Gasteiger charge is 2.35. The van der Waals surface area contributed by atoms with E-state index in [-0.39, 0.29) is 5.82 Å². The molecule has 2 bridgehead atoms. The molecule has 3 nitrogen and oxygen atoms in total. The Labute approximate surface area is 101 Å². The van der Waals surface area contributed by atoms with Gasteiger partial charge < -0.3 is 10.2 Å². The first-order valence-electron chi connectivity index (χ1n) is 6.33. The fraction of sp³-hybridized carbons (Fsp3) is 0.615. The molecule has 0 radical (unpaired) electrons. The summed E-state index contributed by atoms with van der Waals surface area (Å²) in [6, 6.07) is 4.77. The Morgan fingerprint density at radius 3 is 2.71 bits per heavy atom. The maximum atomic E-state index is 13.7. The zero-order valence-electron chi connectivity index (χ0n) is 10.1. The highest BCUT2D eigenvalue weighted by molar-refractivity contribution is 5.40. The Morgan fingerprint density at radius 1 is 1.35 bits per heavy atom. The van der Waals surface area contributed by atoms with Gasteiger partial charge in [-0.2, -0.15) is 0 Å². The second-order valence-corrected chi connectivity index (χ2v) is 5.18. The van der Waals surface area contributed by atoms with Crippen molar-refractivity contribution in [1.29, 1.82) is 0 Å². The Hall–Kier alpha value is -1.16. The Morgan fingerprint density at radius 2 is 2.06 bits per heavy atom. The number of piperidine rings is 1. The molecule has 92 valence electrons. The predicted octanol–water partition coefficient (Wildman–Crippen LogP) is 1.94. The Bertz CT molecular complexity index is 397. The van der Waals surface area contributed by atoms with Gasteiger partial charge in [0, 0.05) is 31.4 Å². The second kappa shape index (κ2) is 4.26. The quantitative estimate of drug-likeness (QED) is 0.849. The second-order valence-electron chi connectivity index (χ2n) is 5.18. The van der Waals surface area contributed by atoms with Gasteiger partial charge >= 0.3 is 0 Å². The molecule has 0 spiro atoms. The lowest BCUT2D eigenvalue weighted by molar-refractivity contribution is 0.352. The molecule has 0 aliphatic carbocycles. The van der Waals surface area contributed by atoms with E-state index in [1.165, 1.54) is 18.9 Å². The van der Waals surface area contributed by atoms with E-state index >= 15 is 0 Å². The maximum Gasteiger partial charge on any atom is 0.165 e. The first-order valence-corrected chi connectivity index (χ1v) is 6.33. The Kier molecular flexibility index (Phi) is 2.74. The molecule has 2 unspecified atom stereocenters. The van der Waals surface area contributed by atoms with Crippen LogP contribution in [0.5, 0.6) is 0 Å². The van der Waals surface area contributed by atoms with Crippen molar-refractivity contribution in [2.45, 2.75) is 43.8 Å². The lowest BCUT2D eigenvalue weighted by Gasteiger charge is -2.36. The summed E-state index contributed by atoms with van der Waals surface area (Å²) >= 11 is 0. The van der Waals surface area contributed by atoms with Gasteiger partial charge in [0.15, 0.2) is 11.6 Å². The van der Waals surface area contributed by atoms with Gasteiger partial charge in [0.1, 0.15) is 0 Å². The van der Waals surface area contributed by atoms with Crippen LogP contribution in [0.3, 0.4) is 0 Å². The molecular weight excluding hydrogens is 217 g/mol. The summed E-state index contributed by atoms with van der Waals surface area (Å²) < 4.78 is 13.7. The minimum absolute atomic E-state index is 0.221. The van der Waals surface area contributed by atoms with Crippen LogP contribution in [0.25, 0.3) is 0 Å². The Balaban J connectivity index is 1.78. The van der Waals surface area contributed by atoms with Crippen molar-refractivity contribution >= 4 is 5.82 Å². The molecule has 0 aromatic carbocycles. The lowest BCUT2D eigenvalue weighted by atomic mass is 9.98. The summed E-state index contributed by atoms with van der Waals surface area (Å²) in [5.41, 5.74) is 0. The number of hydrogen-bond donors (Lipinski definition) is 1. The molecule has 2 saturated heterocycles. The molecule has 2 aliphatic heterocycles. The predicted molar refractivity (Wildman–Crippen MR) is 65.6 cm³/mol. The van der Waals surface area contributed by atoms with Gasteiger partial charge in [-0.15, -0.1) is 0 Å².